The van der Waals surface area contributed by atoms with Gasteiger partial charge in [0, 0.05) is 11.5 Å². The Kier molecular flexibility index (Phi) is 4.09. The van der Waals surface area contributed by atoms with E-state index in [0.29, 0.717) is 11.3 Å². The number of nitrogens with two attached hydrogens (primary N) is 1. The lowest BCUT2D eigenvalue weighted by Gasteiger charge is -2.46. The number of carbonyl (C=O) groups is 3. The zero-order valence-electron chi connectivity index (χ0n) is 15.6. The summed E-state index contributed by atoms with van der Waals surface area (Å²) >= 11 is 1.42. The second kappa shape index (κ2) is 6.14. The van der Waals surface area contributed by atoms with Crippen LogP contribution in [0.4, 0.5) is 0 Å². The quantitative estimate of drug-likeness (QED) is 0.472. The van der Waals surface area contributed by atoms with Crippen molar-refractivity contribution < 1.29 is 29.2 Å². The topological polar surface area (TPSA) is 129 Å². The van der Waals surface area contributed by atoms with Crippen LogP contribution in [0, 0.1) is 18.8 Å². The number of hydrogen-bond acceptors (Lipinski definition) is 5. The summed E-state index contributed by atoms with van der Waals surface area (Å²) < 4.78 is 3.49. The second-order valence-corrected chi connectivity index (χ2v) is 8.66. The Labute approximate surface area is 164 Å². The van der Waals surface area contributed by atoms with E-state index < -0.39 is 23.9 Å². The number of β-lactam (4-membered cyclic amide) rings is 1. The van der Waals surface area contributed by atoms with Crippen molar-refractivity contribution in [3.63, 3.8) is 0 Å². The monoisotopic (exact) mass is 405 g/mol. The highest BCUT2D eigenvalue weighted by Crippen LogP contribution is 2.47. The lowest BCUT2D eigenvalue weighted by atomic mass is 9.78. The number of rotatable bonds is 5. The molecule has 1 fully saturated rings. The molecule has 4 atom stereocenters. The summed E-state index contributed by atoms with van der Waals surface area (Å²) in [6, 6.07) is -0.346. The first-order valence-corrected chi connectivity index (χ1v) is 9.73. The maximum atomic E-state index is 12.4. The number of thiazole rings is 1. The van der Waals surface area contributed by atoms with Crippen LogP contribution in [0.1, 0.15) is 29.2 Å². The molecule has 10 heteroatoms. The number of carboxylic acid groups (broad SMARTS) is 1. The smallest absolute Gasteiger partial charge is 0.352 e. The average molecular weight is 405 g/mol. The second-order valence-electron chi connectivity index (χ2n) is 7.43. The number of aliphatic hydroxyl groups excluding tert-OH is 1. The van der Waals surface area contributed by atoms with Gasteiger partial charge in [-0.1, -0.05) is 18.3 Å². The SMILES string of the molecule is Cc1sc2c[n+](CC3=C(C(=O)O)N4C(=O)[C@H]([C@@H](C)O)[C@H]4[C@H]3C)cn2c1C(N)=O. The molecule has 0 spiro atoms. The largest absolute Gasteiger partial charge is 0.477 e. The highest BCUT2D eigenvalue weighted by Gasteiger charge is 2.60. The summed E-state index contributed by atoms with van der Waals surface area (Å²) in [6.45, 7) is 5.51. The molecule has 4 rings (SSSR count). The van der Waals surface area contributed by atoms with Gasteiger partial charge in [0.05, 0.1) is 22.9 Å². The highest BCUT2D eigenvalue weighted by atomic mass is 32.1. The van der Waals surface area contributed by atoms with Crippen molar-refractivity contribution in [2.45, 2.75) is 39.5 Å². The van der Waals surface area contributed by atoms with Gasteiger partial charge in [-0.2, -0.15) is 4.40 Å². The number of primary amides is 1. The van der Waals surface area contributed by atoms with Gasteiger partial charge in [0.2, 0.25) is 16.4 Å². The molecule has 2 aromatic rings. The number of nitrogens with zero attached hydrogens (tertiary/aromatic N) is 3. The van der Waals surface area contributed by atoms with Crippen molar-refractivity contribution in [2.24, 2.45) is 17.6 Å². The molecule has 0 aliphatic carbocycles. The zero-order chi connectivity index (χ0) is 20.5. The Morgan fingerprint density at radius 2 is 2.11 bits per heavy atom. The van der Waals surface area contributed by atoms with E-state index in [1.54, 1.807) is 22.2 Å². The fourth-order valence-corrected chi connectivity index (χ4v) is 5.52. The first-order valence-electron chi connectivity index (χ1n) is 8.91. The molecule has 1 saturated heterocycles. The summed E-state index contributed by atoms with van der Waals surface area (Å²) in [5.74, 6) is -2.83. The fourth-order valence-electron chi connectivity index (χ4n) is 4.49. The van der Waals surface area contributed by atoms with Crippen molar-refractivity contribution in [1.82, 2.24) is 9.30 Å². The zero-order valence-corrected chi connectivity index (χ0v) is 16.4. The normalized spacial score (nSPS) is 25.2. The number of fused-ring (bicyclic) bond motifs is 2. The molecule has 0 saturated carbocycles. The number of carbonyl (C=O) groups excluding carboxylic acids is 2. The van der Waals surface area contributed by atoms with Crippen LogP contribution >= 0.6 is 11.3 Å². The van der Waals surface area contributed by atoms with Crippen molar-refractivity contribution >= 4 is 34.0 Å². The molecule has 4 N–H and O–H groups in total. The number of amides is 2. The van der Waals surface area contributed by atoms with E-state index in [4.69, 9.17) is 5.73 Å². The average Bonchev–Trinajstić information content (AvgIpc) is 3.15. The molecule has 2 aromatic heterocycles. The molecule has 2 aliphatic rings. The Balaban J connectivity index is 1.73. The van der Waals surface area contributed by atoms with E-state index in [9.17, 15) is 24.6 Å². The van der Waals surface area contributed by atoms with E-state index >= 15 is 0 Å². The van der Waals surface area contributed by atoms with Gasteiger partial charge < -0.3 is 20.8 Å². The Morgan fingerprint density at radius 1 is 1.43 bits per heavy atom. The van der Waals surface area contributed by atoms with Crippen LogP contribution in [0.5, 0.6) is 0 Å². The molecule has 0 unspecified atom stereocenters. The van der Waals surface area contributed by atoms with Crippen LogP contribution in [-0.4, -0.2) is 49.4 Å². The third-order valence-corrected chi connectivity index (χ3v) is 6.72. The Bertz CT molecular complexity index is 1070. The number of aliphatic hydroxyl groups is 1. The standard InChI is InChI=1S/C18H20N4O5S/c1-7-10(15(18(26)27)22-13(7)12(8(2)23)17(22)25)4-20-5-11-21(6-20)14(16(19)24)9(3)28-11/h5-8,12-13,23H,4H2,1-3H3,(H2-,19,24,26,27)/p+1/t7-,8+,12+,13+/m0/s1. The van der Waals surface area contributed by atoms with Gasteiger partial charge in [-0.3, -0.25) is 9.59 Å². The van der Waals surface area contributed by atoms with E-state index in [1.807, 2.05) is 20.0 Å². The van der Waals surface area contributed by atoms with Crippen molar-refractivity contribution in [1.29, 1.82) is 0 Å². The predicted molar refractivity (Wildman–Crippen MR) is 98.4 cm³/mol. The third kappa shape index (κ3) is 2.41. The lowest BCUT2D eigenvalue weighted by molar-refractivity contribution is -0.688. The molecule has 2 aliphatic heterocycles. The first-order chi connectivity index (χ1) is 13.1. The van der Waals surface area contributed by atoms with Gasteiger partial charge >= 0.3 is 5.97 Å². The third-order valence-electron chi connectivity index (χ3n) is 5.71. The summed E-state index contributed by atoms with van der Waals surface area (Å²) in [6.07, 6.45) is 2.70. The summed E-state index contributed by atoms with van der Waals surface area (Å²) in [4.78, 5) is 38.9. The molecule has 0 bridgehead atoms. The number of aromatic nitrogens is 2. The molecular formula is C18H21N4O5S+. The van der Waals surface area contributed by atoms with E-state index in [1.165, 1.54) is 16.2 Å². The Morgan fingerprint density at radius 3 is 2.68 bits per heavy atom. The minimum absolute atomic E-state index is 0.00670. The predicted octanol–water partition coefficient (Wildman–Crippen LogP) is -0.108. The van der Waals surface area contributed by atoms with Crippen LogP contribution < -0.4 is 10.3 Å². The van der Waals surface area contributed by atoms with Crippen LogP contribution in [0.3, 0.4) is 0 Å². The summed E-state index contributed by atoms with van der Waals surface area (Å²) in [5.41, 5.74) is 6.48. The molecule has 4 heterocycles. The van der Waals surface area contributed by atoms with Crippen molar-refractivity contribution in [2.75, 3.05) is 0 Å². The van der Waals surface area contributed by atoms with Gasteiger partial charge in [0.1, 0.15) is 18.4 Å². The van der Waals surface area contributed by atoms with Gasteiger partial charge in [0.15, 0.2) is 0 Å². The molecular weight excluding hydrogens is 384 g/mol. The molecule has 148 valence electrons. The highest BCUT2D eigenvalue weighted by molar-refractivity contribution is 7.17. The first kappa shape index (κ1) is 18.6. The summed E-state index contributed by atoms with van der Waals surface area (Å²) in [7, 11) is 0. The van der Waals surface area contributed by atoms with Crippen LogP contribution in [0.2, 0.25) is 0 Å². The summed E-state index contributed by atoms with van der Waals surface area (Å²) in [5, 5.41) is 19.6. The van der Waals surface area contributed by atoms with E-state index in [2.05, 4.69) is 0 Å². The number of carboxylic acids is 1. The molecule has 2 amide bonds. The number of imidazole rings is 1. The Hall–Kier alpha value is -2.72. The van der Waals surface area contributed by atoms with Crippen LogP contribution in [-0.2, 0) is 16.1 Å². The maximum absolute atomic E-state index is 12.4. The van der Waals surface area contributed by atoms with Gasteiger partial charge in [-0.15, -0.1) is 0 Å². The van der Waals surface area contributed by atoms with Crippen LogP contribution in [0.15, 0.2) is 23.8 Å². The van der Waals surface area contributed by atoms with Gasteiger partial charge in [0.25, 0.3) is 12.2 Å². The molecule has 28 heavy (non-hydrogen) atoms. The number of aliphatic carboxylic acids is 1. The number of aryl methyl sites for hydroxylation is 1. The minimum atomic E-state index is -1.16. The lowest BCUT2D eigenvalue weighted by Crippen LogP contribution is -2.63. The van der Waals surface area contributed by atoms with Gasteiger partial charge in [-0.25, -0.2) is 9.36 Å². The number of hydrogen-bond donors (Lipinski definition) is 3. The van der Waals surface area contributed by atoms with Crippen molar-refractivity contribution in [3.05, 3.63) is 34.4 Å². The molecule has 0 radical (unpaired) electrons. The van der Waals surface area contributed by atoms with E-state index in [0.717, 1.165) is 9.71 Å². The van der Waals surface area contributed by atoms with Crippen LogP contribution in [0.25, 0.3) is 4.83 Å². The van der Waals surface area contributed by atoms with Gasteiger partial charge in [-0.05, 0) is 13.8 Å². The molecule has 9 nitrogen and oxygen atoms in total. The van der Waals surface area contributed by atoms with E-state index in [-0.39, 0.29) is 30.1 Å². The maximum Gasteiger partial charge on any atom is 0.352 e. The van der Waals surface area contributed by atoms with Crippen molar-refractivity contribution in [3.8, 4) is 0 Å². The minimum Gasteiger partial charge on any atom is -0.477 e. The molecule has 0 aromatic carbocycles. The fraction of sp³-hybridized carbons (Fsp3) is 0.444.